The summed E-state index contributed by atoms with van der Waals surface area (Å²) in [5.74, 6) is 0.754. The summed E-state index contributed by atoms with van der Waals surface area (Å²) in [4.78, 5) is 8.43. The number of nitrogens with zero attached hydrogens (tertiary/aromatic N) is 2. The lowest BCUT2D eigenvalue weighted by Crippen LogP contribution is -2.23. The number of rotatable bonds is 2. The Balaban J connectivity index is 1.82. The number of aryl methyl sites for hydroxylation is 1. The molecule has 0 amide bonds. The Labute approximate surface area is 133 Å². The molecule has 0 saturated carbocycles. The summed E-state index contributed by atoms with van der Waals surface area (Å²) >= 11 is 12.3. The molecule has 1 aromatic carbocycles. The predicted molar refractivity (Wildman–Crippen MR) is 85.5 cm³/mol. The van der Waals surface area contributed by atoms with Crippen LogP contribution in [-0.4, -0.2) is 24.0 Å². The third kappa shape index (κ3) is 3.04. The van der Waals surface area contributed by atoms with Gasteiger partial charge in [0.25, 0.3) is 0 Å². The molecule has 1 aliphatic rings. The second kappa shape index (κ2) is 6.04. The number of halogens is 2. The highest BCUT2D eigenvalue weighted by Crippen LogP contribution is 2.28. The van der Waals surface area contributed by atoms with E-state index in [0.717, 1.165) is 0 Å². The molecule has 1 aliphatic heterocycles. The van der Waals surface area contributed by atoms with Crippen molar-refractivity contribution in [2.75, 3.05) is 13.2 Å². The Morgan fingerprint density at radius 3 is 2.33 bits per heavy atom. The molecule has 0 fully saturated rings. The van der Waals surface area contributed by atoms with Gasteiger partial charge in [0.1, 0.15) is 0 Å². The standard InChI is InChI=1S/C16H14Cl2N2O/c1-10-2-4-11(5-3-10)12-6-20-16(21-9-12)15-13(17)7-19-8-14(15)18/h2-5,7-8,12H,6,9H2,1H3. The molecule has 0 spiro atoms. The summed E-state index contributed by atoms with van der Waals surface area (Å²) in [6.45, 7) is 3.30. The fraction of sp³-hybridized carbons (Fsp3) is 0.250. The van der Waals surface area contributed by atoms with Gasteiger partial charge in [0.05, 0.1) is 28.8 Å². The number of benzene rings is 1. The highest BCUT2D eigenvalue weighted by molar-refractivity contribution is 6.39. The van der Waals surface area contributed by atoms with E-state index in [0.29, 0.717) is 34.7 Å². The molecule has 0 saturated heterocycles. The van der Waals surface area contributed by atoms with Crippen LogP contribution >= 0.6 is 23.2 Å². The van der Waals surface area contributed by atoms with E-state index in [4.69, 9.17) is 27.9 Å². The van der Waals surface area contributed by atoms with Crippen LogP contribution in [0.4, 0.5) is 0 Å². The van der Waals surface area contributed by atoms with Crippen molar-refractivity contribution in [2.24, 2.45) is 4.99 Å². The first-order chi connectivity index (χ1) is 10.1. The summed E-state index contributed by atoms with van der Waals surface area (Å²) in [7, 11) is 0. The van der Waals surface area contributed by atoms with E-state index in [1.165, 1.54) is 11.1 Å². The van der Waals surface area contributed by atoms with E-state index in [2.05, 4.69) is 41.2 Å². The zero-order valence-electron chi connectivity index (χ0n) is 11.5. The second-order valence-electron chi connectivity index (χ2n) is 5.04. The minimum atomic E-state index is 0.258. The van der Waals surface area contributed by atoms with Crippen LogP contribution in [0.1, 0.15) is 22.6 Å². The maximum atomic E-state index is 6.13. The maximum Gasteiger partial charge on any atom is 0.219 e. The van der Waals surface area contributed by atoms with Crippen LogP contribution in [0.25, 0.3) is 0 Å². The van der Waals surface area contributed by atoms with Gasteiger partial charge in [0.2, 0.25) is 5.90 Å². The quantitative estimate of drug-likeness (QED) is 0.828. The average molecular weight is 321 g/mol. The van der Waals surface area contributed by atoms with Crippen molar-refractivity contribution in [2.45, 2.75) is 12.8 Å². The smallest absolute Gasteiger partial charge is 0.219 e. The summed E-state index contributed by atoms with van der Waals surface area (Å²) in [5.41, 5.74) is 3.10. The molecule has 2 heterocycles. The van der Waals surface area contributed by atoms with E-state index in [1.807, 2.05) is 0 Å². The van der Waals surface area contributed by atoms with Gasteiger partial charge in [-0.15, -0.1) is 0 Å². The molecule has 0 bridgehead atoms. The number of hydrogen-bond donors (Lipinski definition) is 0. The average Bonchev–Trinajstić information content (AvgIpc) is 2.49. The van der Waals surface area contributed by atoms with E-state index >= 15 is 0 Å². The predicted octanol–water partition coefficient (Wildman–Crippen LogP) is 4.26. The molecule has 0 aliphatic carbocycles. The van der Waals surface area contributed by atoms with Crippen LogP contribution in [0.15, 0.2) is 41.7 Å². The molecule has 5 heteroatoms. The number of ether oxygens (including phenoxy) is 1. The first-order valence-electron chi connectivity index (χ1n) is 6.68. The number of aromatic nitrogens is 1. The van der Waals surface area contributed by atoms with Gasteiger partial charge in [0, 0.05) is 18.3 Å². The summed E-state index contributed by atoms with van der Waals surface area (Å²) in [5, 5.41) is 0.907. The van der Waals surface area contributed by atoms with Gasteiger partial charge >= 0.3 is 0 Å². The van der Waals surface area contributed by atoms with Gasteiger partial charge in [-0.2, -0.15) is 0 Å². The van der Waals surface area contributed by atoms with Crippen LogP contribution in [0.3, 0.4) is 0 Å². The van der Waals surface area contributed by atoms with Crippen LogP contribution in [0.2, 0.25) is 10.0 Å². The lowest BCUT2D eigenvalue weighted by molar-refractivity contribution is 0.259. The van der Waals surface area contributed by atoms with Crippen molar-refractivity contribution in [1.29, 1.82) is 0 Å². The molecule has 3 rings (SSSR count). The van der Waals surface area contributed by atoms with Gasteiger partial charge in [0.15, 0.2) is 0 Å². The zero-order valence-corrected chi connectivity index (χ0v) is 13.0. The second-order valence-corrected chi connectivity index (χ2v) is 5.86. The summed E-state index contributed by atoms with van der Waals surface area (Å²) in [6.07, 6.45) is 3.08. The van der Waals surface area contributed by atoms with Gasteiger partial charge in [-0.05, 0) is 12.5 Å². The molecule has 1 aromatic heterocycles. The third-order valence-electron chi connectivity index (χ3n) is 3.49. The lowest BCUT2D eigenvalue weighted by atomic mass is 9.98. The van der Waals surface area contributed by atoms with Gasteiger partial charge in [-0.1, -0.05) is 53.0 Å². The van der Waals surface area contributed by atoms with Gasteiger partial charge < -0.3 is 4.74 Å². The molecule has 108 valence electrons. The van der Waals surface area contributed by atoms with Crippen LogP contribution in [0.5, 0.6) is 0 Å². The minimum Gasteiger partial charge on any atom is -0.477 e. The minimum absolute atomic E-state index is 0.258. The molecule has 21 heavy (non-hydrogen) atoms. The largest absolute Gasteiger partial charge is 0.477 e. The SMILES string of the molecule is Cc1ccc(C2CN=C(c3c(Cl)cncc3Cl)OC2)cc1. The molecule has 3 nitrogen and oxygen atoms in total. The summed E-state index contributed by atoms with van der Waals surface area (Å²) in [6, 6.07) is 8.45. The van der Waals surface area contributed by atoms with Crippen molar-refractivity contribution >= 4 is 29.1 Å². The Morgan fingerprint density at radius 2 is 1.76 bits per heavy atom. The number of pyridine rings is 1. The van der Waals surface area contributed by atoms with Crippen LogP contribution < -0.4 is 0 Å². The van der Waals surface area contributed by atoms with E-state index in [-0.39, 0.29) is 5.92 Å². The van der Waals surface area contributed by atoms with E-state index < -0.39 is 0 Å². The highest BCUT2D eigenvalue weighted by Gasteiger charge is 2.22. The first kappa shape index (κ1) is 14.4. The number of aliphatic imine (C=N–C) groups is 1. The molecule has 2 aromatic rings. The van der Waals surface area contributed by atoms with Crippen molar-refractivity contribution < 1.29 is 4.74 Å². The molecule has 1 unspecified atom stereocenters. The Hall–Kier alpha value is -1.58. The van der Waals surface area contributed by atoms with Crippen molar-refractivity contribution in [1.82, 2.24) is 4.98 Å². The fourth-order valence-corrected chi connectivity index (χ4v) is 2.80. The van der Waals surface area contributed by atoms with Crippen LogP contribution in [-0.2, 0) is 4.74 Å². The topological polar surface area (TPSA) is 34.5 Å². The lowest BCUT2D eigenvalue weighted by Gasteiger charge is -2.23. The normalized spacial score (nSPS) is 18.0. The first-order valence-corrected chi connectivity index (χ1v) is 7.44. The molecule has 0 radical (unpaired) electrons. The fourth-order valence-electron chi connectivity index (χ4n) is 2.28. The maximum absolute atomic E-state index is 6.13. The Kier molecular flexibility index (Phi) is 4.13. The monoisotopic (exact) mass is 320 g/mol. The van der Waals surface area contributed by atoms with Crippen molar-refractivity contribution in [3.63, 3.8) is 0 Å². The van der Waals surface area contributed by atoms with Gasteiger partial charge in [-0.3, -0.25) is 9.98 Å². The van der Waals surface area contributed by atoms with E-state index in [9.17, 15) is 0 Å². The Bertz CT molecular complexity index is 663. The van der Waals surface area contributed by atoms with E-state index in [1.54, 1.807) is 12.4 Å². The summed E-state index contributed by atoms with van der Waals surface area (Å²) < 4.78 is 5.78. The Morgan fingerprint density at radius 1 is 1.10 bits per heavy atom. The van der Waals surface area contributed by atoms with Gasteiger partial charge in [-0.25, -0.2) is 0 Å². The zero-order chi connectivity index (χ0) is 14.8. The molecular formula is C16H14Cl2N2O. The highest BCUT2D eigenvalue weighted by atomic mass is 35.5. The van der Waals surface area contributed by atoms with Crippen LogP contribution in [0, 0.1) is 6.92 Å². The van der Waals surface area contributed by atoms with Crippen molar-refractivity contribution in [3.05, 3.63) is 63.4 Å². The molecular weight excluding hydrogens is 307 g/mol. The molecule has 0 N–H and O–H groups in total. The molecule has 1 atom stereocenters. The number of hydrogen-bond acceptors (Lipinski definition) is 3. The van der Waals surface area contributed by atoms with Crippen molar-refractivity contribution in [3.8, 4) is 0 Å². The third-order valence-corrected chi connectivity index (χ3v) is 4.07.